The van der Waals surface area contributed by atoms with E-state index in [0.29, 0.717) is 6.10 Å². The maximum atomic E-state index is 5.51. The van der Waals surface area contributed by atoms with Gasteiger partial charge in [-0.1, -0.05) is 24.3 Å². The Hall–Kier alpha value is -0.860. The molecule has 0 heterocycles. The highest BCUT2D eigenvalue weighted by Crippen LogP contribution is 2.40. The highest BCUT2D eigenvalue weighted by Gasteiger charge is 2.23. The first-order valence-electron chi connectivity index (χ1n) is 7.17. The molecule has 0 aliphatic heterocycles. The Kier molecular flexibility index (Phi) is 5.21. The summed E-state index contributed by atoms with van der Waals surface area (Å²) in [6.45, 7) is 7.02. The predicted molar refractivity (Wildman–Crippen MR) is 75.8 cm³/mol. The van der Waals surface area contributed by atoms with Crippen molar-refractivity contribution in [2.24, 2.45) is 0 Å². The summed E-state index contributed by atoms with van der Waals surface area (Å²) in [7, 11) is 0. The molecule has 0 unspecified atom stereocenters. The fourth-order valence-electron chi connectivity index (χ4n) is 2.12. The molecule has 1 N–H and O–H groups in total. The Morgan fingerprint density at radius 3 is 2.89 bits per heavy atom. The Bertz CT molecular complexity index is 358. The molecule has 1 saturated carbocycles. The zero-order valence-corrected chi connectivity index (χ0v) is 11.6. The highest BCUT2D eigenvalue weighted by molar-refractivity contribution is 5.28. The summed E-state index contributed by atoms with van der Waals surface area (Å²) in [5.74, 6) is 0.851. The Balaban J connectivity index is 1.62. The normalized spacial score (nSPS) is 15.3. The lowest BCUT2D eigenvalue weighted by Gasteiger charge is -2.09. The molecule has 0 aromatic heterocycles. The standard InChI is InChI=1S/C16H25NO/c1-13(2)18-10-4-9-17-12-14-5-3-6-16(11-14)15-7-8-15/h3,5-6,11,13,15,17H,4,7-10,12H2,1-2H3. The van der Waals surface area contributed by atoms with Crippen LogP contribution in [0.4, 0.5) is 0 Å². The van der Waals surface area contributed by atoms with Gasteiger partial charge < -0.3 is 10.1 Å². The summed E-state index contributed by atoms with van der Waals surface area (Å²) in [5, 5.41) is 3.48. The van der Waals surface area contributed by atoms with Gasteiger partial charge in [0.1, 0.15) is 0 Å². The van der Waals surface area contributed by atoms with Gasteiger partial charge in [-0.3, -0.25) is 0 Å². The maximum absolute atomic E-state index is 5.51. The van der Waals surface area contributed by atoms with Gasteiger partial charge in [0.25, 0.3) is 0 Å². The fourth-order valence-corrected chi connectivity index (χ4v) is 2.12. The van der Waals surface area contributed by atoms with E-state index in [9.17, 15) is 0 Å². The number of hydrogen-bond acceptors (Lipinski definition) is 2. The minimum absolute atomic E-state index is 0.347. The largest absolute Gasteiger partial charge is 0.379 e. The van der Waals surface area contributed by atoms with Crippen molar-refractivity contribution in [2.45, 2.75) is 51.7 Å². The molecule has 18 heavy (non-hydrogen) atoms. The molecule has 1 aliphatic rings. The van der Waals surface area contributed by atoms with Crippen LogP contribution in [0.2, 0.25) is 0 Å². The van der Waals surface area contributed by atoms with E-state index in [-0.39, 0.29) is 0 Å². The molecule has 2 rings (SSSR count). The van der Waals surface area contributed by atoms with Gasteiger partial charge in [0.15, 0.2) is 0 Å². The predicted octanol–water partition coefficient (Wildman–Crippen LogP) is 3.47. The molecule has 0 bridgehead atoms. The zero-order chi connectivity index (χ0) is 12.8. The fraction of sp³-hybridized carbons (Fsp3) is 0.625. The van der Waals surface area contributed by atoms with Crippen molar-refractivity contribution >= 4 is 0 Å². The van der Waals surface area contributed by atoms with Gasteiger partial charge >= 0.3 is 0 Å². The van der Waals surface area contributed by atoms with Crippen LogP contribution in [0, 0.1) is 0 Å². The van der Waals surface area contributed by atoms with Crippen molar-refractivity contribution in [3.05, 3.63) is 35.4 Å². The van der Waals surface area contributed by atoms with E-state index < -0.39 is 0 Å². The Morgan fingerprint density at radius 1 is 1.33 bits per heavy atom. The molecule has 1 fully saturated rings. The average molecular weight is 247 g/mol. The van der Waals surface area contributed by atoms with Gasteiger partial charge in [-0.05, 0) is 56.7 Å². The minimum atomic E-state index is 0.347. The number of rotatable bonds is 8. The third-order valence-corrected chi connectivity index (χ3v) is 3.28. The van der Waals surface area contributed by atoms with Crippen LogP contribution in [0.15, 0.2) is 24.3 Å². The molecular weight excluding hydrogens is 222 g/mol. The minimum Gasteiger partial charge on any atom is -0.379 e. The summed E-state index contributed by atoms with van der Waals surface area (Å²) >= 11 is 0. The van der Waals surface area contributed by atoms with Crippen LogP contribution in [-0.2, 0) is 11.3 Å². The van der Waals surface area contributed by atoms with Crippen molar-refractivity contribution < 1.29 is 4.74 Å². The molecule has 0 amide bonds. The van der Waals surface area contributed by atoms with E-state index in [1.165, 1.54) is 24.0 Å². The first-order chi connectivity index (χ1) is 8.75. The smallest absolute Gasteiger partial charge is 0.0518 e. The number of benzene rings is 1. The molecule has 2 nitrogen and oxygen atoms in total. The van der Waals surface area contributed by atoms with Gasteiger partial charge in [0, 0.05) is 13.2 Å². The molecule has 0 spiro atoms. The lowest BCUT2D eigenvalue weighted by molar-refractivity contribution is 0.0770. The SMILES string of the molecule is CC(C)OCCCNCc1cccc(C2CC2)c1. The molecular formula is C16H25NO. The highest BCUT2D eigenvalue weighted by atomic mass is 16.5. The monoisotopic (exact) mass is 247 g/mol. The lowest BCUT2D eigenvalue weighted by atomic mass is 10.1. The first kappa shape index (κ1) is 13.6. The van der Waals surface area contributed by atoms with Gasteiger partial charge in [-0.15, -0.1) is 0 Å². The van der Waals surface area contributed by atoms with Gasteiger partial charge in [0.05, 0.1) is 6.10 Å². The quantitative estimate of drug-likeness (QED) is 0.710. The zero-order valence-electron chi connectivity index (χ0n) is 11.6. The molecule has 0 saturated heterocycles. The summed E-state index contributed by atoms with van der Waals surface area (Å²) in [5.41, 5.74) is 2.93. The summed E-state index contributed by atoms with van der Waals surface area (Å²) in [6, 6.07) is 9.02. The van der Waals surface area contributed by atoms with E-state index in [4.69, 9.17) is 4.74 Å². The van der Waals surface area contributed by atoms with Crippen LogP contribution in [0.25, 0.3) is 0 Å². The van der Waals surface area contributed by atoms with Crippen molar-refractivity contribution in [3.63, 3.8) is 0 Å². The van der Waals surface area contributed by atoms with Crippen LogP contribution in [-0.4, -0.2) is 19.3 Å². The van der Waals surface area contributed by atoms with Gasteiger partial charge in [-0.25, -0.2) is 0 Å². The van der Waals surface area contributed by atoms with Crippen LogP contribution in [0.1, 0.15) is 50.2 Å². The summed E-state index contributed by atoms with van der Waals surface area (Å²) < 4.78 is 5.51. The van der Waals surface area contributed by atoms with Gasteiger partial charge in [0.2, 0.25) is 0 Å². The molecule has 0 atom stereocenters. The van der Waals surface area contributed by atoms with Gasteiger partial charge in [-0.2, -0.15) is 0 Å². The topological polar surface area (TPSA) is 21.3 Å². The Morgan fingerprint density at radius 2 is 2.17 bits per heavy atom. The first-order valence-corrected chi connectivity index (χ1v) is 7.17. The second kappa shape index (κ2) is 6.91. The van der Waals surface area contributed by atoms with Crippen LogP contribution in [0.3, 0.4) is 0 Å². The van der Waals surface area contributed by atoms with Crippen molar-refractivity contribution in [1.82, 2.24) is 5.32 Å². The van der Waals surface area contributed by atoms with E-state index in [2.05, 4.69) is 43.4 Å². The van der Waals surface area contributed by atoms with E-state index >= 15 is 0 Å². The third kappa shape index (κ3) is 4.79. The average Bonchev–Trinajstić information content (AvgIpc) is 3.18. The van der Waals surface area contributed by atoms with E-state index in [0.717, 1.165) is 32.0 Å². The van der Waals surface area contributed by atoms with Crippen LogP contribution >= 0.6 is 0 Å². The number of hydrogen-bond donors (Lipinski definition) is 1. The van der Waals surface area contributed by atoms with Crippen molar-refractivity contribution in [1.29, 1.82) is 0 Å². The van der Waals surface area contributed by atoms with E-state index in [1.807, 2.05) is 0 Å². The van der Waals surface area contributed by atoms with Crippen LogP contribution < -0.4 is 5.32 Å². The molecule has 1 aliphatic carbocycles. The van der Waals surface area contributed by atoms with Crippen molar-refractivity contribution in [3.8, 4) is 0 Å². The van der Waals surface area contributed by atoms with Crippen molar-refractivity contribution in [2.75, 3.05) is 13.2 Å². The number of ether oxygens (including phenoxy) is 1. The number of nitrogens with one attached hydrogen (secondary N) is 1. The second-order valence-corrected chi connectivity index (χ2v) is 5.47. The molecule has 100 valence electrons. The molecule has 1 aromatic rings. The second-order valence-electron chi connectivity index (χ2n) is 5.47. The third-order valence-electron chi connectivity index (χ3n) is 3.28. The molecule has 2 heteroatoms. The Labute approximate surface area is 111 Å². The lowest BCUT2D eigenvalue weighted by Crippen LogP contribution is -2.17. The maximum Gasteiger partial charge on any atom is 0.0518 e. The summed E-state index contributed by atoms with van der Waals surface area (Å²) in [6.07, 6.45) is 4.19. The summed E-state index contributed by atoms with van der Waals surface area (Å²) in [4.78, 5) is 0. The van der Waals surface area contributed by atoms with Crippen LogP contribution in [0.5, 0.6) is 0 Å². The van der Waals surface area contributed by atoms with E-state index in [1.54, 1.807) is 0 Å². The molecule has 0 radical (unpaired) electrons. The molecule has 1 aromatic carbocycles.